The van der Waals surface area contributed by atoms with Gasteiger partial charge in [-0.05, 0) is 73.0 Å². The van der Waals surface area contributed by atoms with E-state index in [0.717, 1.165) is 28.1 Å². The Morgan fingerprint density at radius 3 is 2.34 bits per heavy atom. The number of ether oxygens (including phenoxy) is 2. The summed E-state index contributed by atoms with van der Waals surface area (Å²) in [5.41, 5.74) is 4.94. The number of para-hydroxylation sites is 2. The fraction of sp³-hybridized carbons (Fsp3) is 0.154. The van der Waals surface area contributed by atoms with Crippen molar-refractivity contribution < 1.29 is 9.47 Å². The van der Waals surface area contributed by atoms with E-state index >= 15 is 0 Å². The van der Waals surface area contributed by atoms with Gasteiger partial charge in [0.15, 0.2) is 4.96 Å². The third kappa shape index (κ3) is 4.09. The van der Waals surface area contributed by atoms with Crippen LogP contribution in [0.15, 0.2) is 71.5 Å². The van der Waals surface area contributed by atoms with Gasteiger partial charge in [0, 0.05) is 0 Å². The number of imidazole rings is 1. The van der Waals surface area contributed by atoms with Gasteiger partial charge in [0.1, 0.15) is 24.7 Å². The number of thiazole rings is 1. The van der Waals surface area contributed by atoms with E-state index in [-0.39, 0.29) is 5.56 Å². The van der Waals surface area contributed by atoms with Crippen LogP contribution in [0.3, 0.4) is 0 Å². The zero-order valence-corrected chi connectivity index (χ0v) is 18.7. The summed E-state index contributed by atoms with van der Waals surface area (Å²) >= 11 is 1.40. The van der Waals surface area contributed by atoms with Crippen LogP contribution in [0, 0.1) is 13.8 Å². The minimum absolute atomic E-state index is 0.0393. The zero-order chi connectivity index (χ0) is 22.1. The summed E-state index contributed by atoms with van der Waals surface area (Å²) < 4.78 is 13.9. The molecule has 5 aromatic rings. The molecule has 0 fully saturated rings. The molecule has 5 rings (SSSR count). The molecule has 2 aromatic heterocycles. The predicted octanol–water partition coefficient (Wildman–Crippen LogP) is 4.53. The molecular formula is C26H22N2O3S. The first-order valence-corrected chi connectivity index (χ1v) is 11.2. The molecule has 0 amide bonds. The van der Waals surface area contributed by atoms with Crippen molar-refractivity contribution in [1.82, 2.24) is 9.38 Å². The lowest BCUT2D eigenvalue weighted by atomic mass is 10.1. The van der Waals surface area contributed by atoms with Crippen molar-refractivity contribution in [2.45, 2.75) is 13.8 Å². The van der Waals surface area contributed by atoms with Gasteiger partial charge in [-0.15, -0.1) is 0 Å². The van der Waals surface area contributed by atoms with E-state index in [1.165, 1.54) is 22.5 Å². The number of rotatable bonds is 6. The smallest absolute Gasteiger partial charge is 0.274 e. The molecule has 0 aliphatic carbocycles. The van der Waals surface area contributed by atoms with Crippen LogP contribution in [0.2, 0.25) is 0 Å². The minimum Gasteiger partial charge on any atom is -0.490 e. The summed E-state index contributed by atoms with van der Waals surface area (Å²) in [6, 6.07) is 21.5. The highest BCUT2D eigenvalue weighted by molar-refractivity contribution is 7.15. The van der Waals surface area contributed by atoms with E-state index < -0.39 is 0 Å². The van der Waals surface area contributed by atoms with Gasteiger partial charge >= 0.3 is 0 Å². The van der Waals surface area contributed by atoms with E-state index in [2.05, 4.69) is 24.9 Å². The van der Waals surface area contributed by atoms with Crippen molar-refractivity contribution in [2.75, 3.05) is 13.2 Å². The van der Waals surface area contributed by atoms with Gasteiger partial charge < -0.3 is 9.47 Å². The van der Waals surface area contributed by atoms with Gasteiger partial charge in [-0.1, -0.05) is 41.7 Å². The number of nitrogens with zero attached hydrogens (tertiary/aromatic N) is 2. The molecule has 0 N–H and O–H groups in total. The molecule has 0 radical (unpaired) electrons. The second-order valence-corrected chi connectivity index (χ2v) is 8.73. The SMILES string of the molecule is Cc1cc(C)cc(OCCOc2ccc(/C=c3/sc4nc5ccccc5n4c3=O)cc2)c1. The van der Waals surface area contributed by atoms with Gasteiger partial charge in [0.25, 0.3) is 5.56 Å². The molecule has 0 aliphatic rings. The standard InChI is InChI=1S/C26H22N2O3S/c1-17-13-18(2)15-21(14-17)31-12-11-30-20-9-7-19(8-10-20)16-24-25(29)28-23-6-4-3-5-22(23)27-26(28)32-24/h3-10,13-16H,11-12H2,1-2H3/b24-16+. The summed E-state index contributed by atoms with van der Waals surface area (Å²) in [6.45, 7) is 5.04. The number of hydrogen-bond donors (Lipinski definition) is 0. The molecule has 2 heterocycles. The number of benzene rings is 3. The lowest BCUT2D eigenvalue weighted by Crippen LogP contribution is -2.22. The Kier molecular flexibility index (Phi) is 5.37. The Morgan fingerprint density at radius 2 is 1.59 bits per heavy atom. The molecule has 0 atom stereocenters. The van der Waals surface area contributed by atoms with E-state index in [0.29, 0.717) is 22.7 Å². The number of aryl methyl sites for hydroxylation is 2. The van der Waals surface area contributed by atoms with Gasteiger partial charge in [-0.2, -0.15) is 0 Å². The maximum atomic E-state index is 12.9. The quantitative estimate of drug-likeness (QED) is 0.363. The lowest BCUT2D eigenvalue weighted by Gasteiger charge is -2.10. The Labute approximate surface area is 189 Å². The van der Waals surface area contributed by atoms with Crippen LogP contribution in [0.25, 0.3) is 22.1 Å². The average Bonchev–Trinajstić information content (AvgIpc) is 3.28. The molecule has 0 saturated carbocycles. The van der Waals surface area contributed by atoms with Crippen LogP contribution in [0.1, 0.15) is 16.7 Å². The normalized spacial score (nSPS) is 12.0. The van der Waals surface area contributed by atoms with Crippen molar-refractivity contribution in [3.63, 3.8) is 0 Å². The van der Waals surface area contributed by atoms with Crippen LogP contribution in [-0.4, -0.2) is 22.6 Å². The first-order valence-electron chi connectivity index (χ1n) is 10.4. The third-order valence-electron chi connectivity index (χ3n) is 5.14. The number of fused-ring (bicyclic) bond motifs is 3. The van der Waals surface area contributed by atoms with Crippen molar-refractivity contribution >= 4 is 33.4 Å². The maximum absolute atomic E-state index is 12.9. The van der Waals surface area contributed by atoms with Crippen LogP contribution in [0.5, 0.6) is 11.5 Å². The Hall–Kier alpha value is -3.64. The van der Waals surface area contributed by atoms with Crippen molar-refractivity contribution in [2.24, 2.45) is 0 Å². The second-order valence-electron chi connectivity index (χ2n) is 7.72. The molecule has 0 unspecified atom stereocenters. The van der Waals surface area contributed by atoms with E-state index in [1.54, 1.807) is 4.40 Å². The number of hydrogen-bond acceptors (Lipinski definition) is 5. The molecule has 0 saturated heterocycles. The Bertz CT molecular complexity index is 1500. The highest BCUT2D eigenvalue weighted by atomic mass is 32.1. The summed E-state index contributed by atoms with van der Waals surface area (Å²) in [5, 5.41) is 0. The number of aromatic nitrogens is 2. The molecule has 6 heteroatoms. The largest absolute Gasteiger partial charge is 0.490 e. The average molecular weight is 443 g/mol. The van der Waals surface area contributed by atoms with E-state index in [9.17, 15) is 4.79 Å². The molecule has 0 bridgehead atoms. The summed E-state index contributed by atoms with van der Waals surface area (Å²) in [6.07, 6.45) is 1.89. The van der Waals surface area contributed by atoms with Crippen LogP contribution < -0.4 is 19.6 Å². The third-order valence-corrected chi connectivity index (χ3v) is 6.11. The lowest BCUT2D eigenvalue weighted by molar-refractivity contribution is 0.217. The first-order chi connectivity index (χ1) is 15.6. The molecule has 160 valence electrons. The van der Waals surface area contributed by atoms with Gasteiger partial charge in [0.2, 0.25) is 0 Å². The van der Waals surface area contributed by atoms with E-state index in [1.807, 2.05) is 66.7 Å². The van der Waals surface area contributed by atoms with Crippen LogP contribution >= 0.6 is 11.3 Å². The zero-order valence-electron chi connectivity index (χ0n) is 17.9. The van der Waals surface area contributed by atoms with Crippen LogP contribution in [-0.2, 0) is 0 Å². The van der Waals surface area contributed by atoms with Gasteiger partial charge in [0.05, 0.1) is 15.6 Å². The fourth-order valence-corrected chi connectivity index (χ4v) is 4.75. The highest BCUT2D eigenvalue weighted by Gasteiger charge is 2.10. The summed E-state index contributed by atoms with van der Waals surface area (Å²) in [4.78, 5) is 18.1. The Morgan fingerprint density at radius 1 is 0.906 bits per heavy atom. The second kappa shape index (κ2) is 8.48. The monoisotopic (exact) mass is 442 g/mol. The van der Waals surface area contributed by atoms with Crippen LogP contribution in [0.4, 0.5) is 0 Å². The first kappa shape index (κ1) is 20.3. The topological polar surface area (TPSA) is 52.8 Å². The molecular weight excluding hydrogens is 420 g/mol. The highest BCUT2D eigenvalue weighted by Crippen LogP contribution is 2.18. The van der Waals surface area contributed by atoms with Gasteiger partial charge in [-0.3, -0.25) is 4.79 Å². The fourth-order valence-electron chi connectivity index (χ4n) is 3.76. The molecule has 3 aromatic carbocycles. The molecule has 0 aliphatic heterocycles. The Balaban J connectivity index is 1.26. The summed E-state index contributed by atoms with van der Waals surface area (Å²) in [5.74, 6) is 1.63. The predicted molar refractivity (Wildman–Crippen MR) is 129 cm³/mol. The van der Waals surface area contributed by atoms with Gasteiger partial charge in [-0.25, -0.2) is 9.38 Å². The molecule has 0 spiro atoms. The molecule has 32 heavy (non-hydrogen) atoms. The van der Waals surface area contributed by atoms with Crippen molar-refractivity contribution in [3.8, 4) is 11.5 Å². The maximum Gasteiger partial charge on any atom is 0.274 e. The van der Waals surface area contributed by atoms with Crippen molar-refractivity contribution in [1.29, 1.82) is 0 Å². The van der Waals surface area contributed by atoms with E-state index in [4.69, 9.17) is 9.47 Å². The summed E-state index contributed by atoms with van der Waals surface area (Å²) in [7, 11) is 0. The minimum atomic E-state index is -0.0393. The molecule has 5 nitrogen and oxygen atoms in total. The van der Waals surface area contributed by atoms with Crippen molar-refractivity contribution in [3.05, 3.63) is 98.3 Å².